The molecule has 0 spiro atoms. The second-order valence-electron chi connectivity index (χ2n) is 5.64. The molecule has 0 fully saturated rings. The van der Waals surface area contributed by atoms with Gasteiger partial charge in [-0.3, -0.25) is 4.79 Å². The molecular weight excluding hydrogens is 335 g/mol. The fourth-order valence-corrected chi connectivity index (χ4v) is 2.59. The summed E-state index contributed by atoms with van der Waals surface area (Å²) in [5, 5.41) is 14.8. The first-order valence-electron chi connectivity index (χ1n) is 7.34. The largest absolute Gasteiger partial charge is 0.431 e. The van der Waals surface area contributed by atoms with Crippen molar-refractivity contribution >= 4 is 17.3 Å². The van der Waals surface area contributed by atoms with Crippen LogP contribution in [-0.2, 0) is 5.72 Å². The Morgan fingerprint density at radius 2 is 1.72 bits per heavy atom. The van der Waals surface area contributed by atoms with Crippen LogP contribution in [0.4, 0.5) is 18.9 Å². The minimum Gasteiger partial charge on any atom is -0.399 e. The Balaban J connectivity index is 2.06. The lowest BCUT2D eigenvalue weighted by Gasteiger charge is -2.31. The summed E-state index contributed by atoms with van der Waals surface area (Å²) in [6.45, 7) is 0. The molecule has 1 atom stereocenters. The summed E-state index contributed by atoms with van der Waals surface area (Å²) >= 11 is 0. The number of carbonyl (C=O) groups excluding carboxylic acids is 1. The summed E-state index contributed by atoms with van der Waals surface area (Å²) < 4.78 is 39.3. The van der Waals surface area contributed by atoms with Crippen molar-refractivity contribution in [1.29, 1.82) is 0 Å². The van der Waals surface area contributed by atoms with Crippen LogP contribution in [0.2, 0.25) is 0 Å². The number of benzene rings is 2. The smallest absolute Gasteiger partial charge is 0.399 e. The number of aliphatic hydroxyl groups is 1. The lowest BCUT2D eigenvalue weighted by Crippen LogP contribution is -2.43. The fraction of sp³-hybridized carbons (Fsp3) is 0.176. The van der Waals surface area contributed by atoms with Gasteiger partial charge >= 0.3 is 6.18 Å². The number of nitrogens with zero attached hydrogens (tertiary/aromatic N) is 2. The number of hydrogen-bond donors (Lipinski definition) is 2. The number of nitrogen functional groups attached to an aromatic ring is 1. The van der Waals surface area contributed by atoms with E-state index in [1.54, 1.807) is 18.2 Å². The van der Waals surface area contributed by atoms with Crippen LogP contribution in [0.25, 0.3) is 0 Å². The maximum Gasteiger partial charge on any atom is 0.431 e. The van der Waals surface area contributed by atoms with E-state index >= 15 is 0 Å². The van der Waals surface area contributed by atoms with Gasteiger partial charge in [0.05, 0.1) is 6.42 Å². The molecule has 0 radical (unpaired) electrons. The van der Waals surface area contributed by atoms with Gasteiger partial charge in [-0.05, 0) is 24.3 Å². The van der Waals surface area contributed by atoms with Gasteiger partial charge in [-0.15, -0.1) is 0 Å². The third-order valence-electron chi connectivity index (χ3n) is 3.90. The van der Waals surface area contributed by atoms with E-state index in [4.69, 9.17) is 5.73 Å². The van der Waals surface area contributed by atoms with Crippen molar-refractivity contribution in [1.82, 2.24) is 5.01 Å². The zero-order valence-corrected chi connectivity index (χ0v) is 12.9. The number of nitrogens with two attached hydrogens (primary N) is 1. The van der Waals surface area contributed by atoms with E-state index in [2.05, 4.69) is 5.10 Å². The highest BCUT2D eigenvalue weighted by molar-refractivity contribution is 6.00. The van der Waals surface area contributed by atoms with Crippen molar-refractivity contribution in [3.8, 4) is 0 Å². The van der Waals surface area contributed by atoms with Gasteiger partial charge in [0.25, 0.3) is 5.91 Å². The molecule has 5 nitrogen and oxygen atoms in total. The standard InChI is InChI=1S/C17H14F3N3O2/c18-17(19,20)14-10-16(25,12-4-2-1-3-5-12)23(22-14)15(24)11-6-8-13(21)9-7-11/h1-9,25H,10,21H2/t16-/m1/s1. The average Bonchev–Trinajstić information content (AvgIpc) is 2.95. The molecule has 0 aliphatic carbocycles. The van der Waals surface area contributed by atoms with Crippen molar-refractivity contribution in [2.24, 2.45) is 5.10 Å². The number of hydrogen-bond acceptors (Lipinski definition) is 4. The Kier molecular flexibility index (Phi) is 4.00. The number of hydrazone groups is 1. The lowest BCUT2D eigenvalue weighted by atomic mass is 9.96. The van der Waals surface area contributed by atoms with E-state index < -0.39 is 29.9 Å². The minimum atomic E-state index is -4.75. The molecule has 1 aliphatic heterocycles. The number of halogens is 3. The molecule has 8 heteroatoms. The summed E-state index contributed by atoms with van der Waals surface area (Å²) in [6.07, 6.45) is -5.60. The van der Waals surface area contributed by atoms with Gasteiger partial charge in [-0.25, -0.2) is 0 Å². The Morgan fingerprint density at radius 3 is 2.28 bits per heavy atom. The number of amides is 1. The van der Waals surface area contributed by atoms with Crippen LogP contribution in [0.3, 0.4) is 0 Å². The van der Waals surface area contributed by atoms with Gasteiger partial charge in [-0.2, -0.15) is 23.3 Å². The van der Waals surface area contributed by atoms with Crippen LogP contribution >= 0.6 is 0 Å². The van der Waals surface area contributed by atoms with Gasteiger partial charge < -0.3 is 10.8 Å². The molecule has 1 aliphatic rings. The number of carbonyl (C=O) groups is 1. The molecule has 1 heterocycles. The Hall–Kier alpha value is -2.87. The maximum absolute atomic E-state index is 13.1. The molecule has 2 aromatic rings. The van der Waals surface area contributed by atoms with Gasteiger partial charge in [-0.1, -0.05) is 30.3 Å². The van der Waals surface area contributed by atoms with Crippen molar-refractivity contribution in [3.05, 3.63) is 65.7 Å². The lowest BCUT2D eigenvalue weighted by molar-refractivity contribution is -0.0816. The molecular formula is C17H14F3N3O2. The zero-order chi connectivity index (χ0) is 18.2. The van der Waals surface area contributed by atoms with Crippen LogP contribution in [0.15, 0.2) is 59.7 Å². The molecule has 3 N–H and O–H groups in total. The minimum absolute atomic E-state index is 0.0655. The van der Waals surface area contributed by atoms with Crippen LogP contribution < -0.4 is 5.73 Å². The second-order valence-corrected chi connectivity index (χ2v) is 5.64. The normalized spacial score (nSPS) is 20.5. The molecule has 130 valence electrons. The van der Waals surface area contributed by atoms with E-state index in [9.17, 15) is 23.1 Å². The third kappa shape index (κ3) is 3.08. The molecule has 1 amide bonds. The van der Waals surface area contributed by atoms with Gasteiger partial charge in [0.2, 0.25) is 0 Å². The van der Waals surface area contributed by atoms with Crippen molar-refractivity contribution in [2.45, 2.75) is 18.3 Å². The van der Waals surface area contributed by atoms with Crippen molar-refractivity contribution < 1.29 is 23.1 Å². The molecule has 2 aromatic carbocycles. The second kappa shape index (κ2) is 5.89. The van der Waals surface area contributed by atoms with Crippen LogP contribution in [0, 0.1) is 0 Å². The predicted molar refractivity (Wildman–Crippen MR) is 85.5 cm³/mol. The number of anilines is 1. The summed E-state index contributed by atoms with van der Waals surface area (Å²) in [7, 11) is 0. The average molecular weight is 349 g/mol. The highest BCUT2D eigenvalue weighted by atomic mass is 19.4. The Labute approximate surface area is 141 Å². The molecule has 0 unspecified atom stereocenters. The van der Waals surface area contributed by atoms with E-state index in [-0.39, 0.29) is 11.1 Å². The van der Waals surface area contributed by atoms with Gasteiger partial charge in [0, 0.05) is 16.8 Å². The van der Waals surface area contributed by atoms with Gasteiger partial charge in [0.15, 0.2) is 5.72 Å². The van der Waals surface area contributed by atoms with Gasteiger partial charge in [0.1, 0.15) is 5.71 Å². The first-order chi connectivity index (χ1) is 11.7. The zero-order valence-electron chi connectivity index (χ0n) is 12.9. The highest BCUT2D eigenvalue weighted by Gasteiger charge is 2.53. The van der Waals surface area contributed by atoms with Crippen LogP contribution in [-0.4, -0.2) is 27.9 Å². The maximum atomic E-state index is 13.1. The summed E-state index contributed by atoms with van der Waals surface area (Å²) in [5.74, 6) is -0.856. The SMILES string of the molecule is Nc1ccc(C(=O)N2N=C(C(F)(F)F)C[C@@]2(O)c2ccccc2)cc1. The first kappa shape index (κ1) is 17.0. The molecule has 0 aromatic heterocycles. The molecule has 0 saturated heterocycles. The number of alkyl halides is 3. The predicted octanol–water partition coefficient (Wildman–Crippen LogP) is 2.88. The van der Waals surface area contributed by atoms with E-state index in [1.807, 2.05) is 0 Å². The Morgan fingerprint density at radius 1 is 1.12 bits per heavy atom. The number of rotatable bonds is 2. The highest BCUT2D eigenvalue weighted by Crippen LogP contribution is 2.40. The monoisotopic (exact) mass is 349 g/mol. The third-order valence-corrected chi connectivity index (χ3v) is 3.90. The topological polar surface area (TPSA) is 78.9 Å². The first-order valence-corrected chi connectivity index (χ1v) is 7.34. The van der Waals surface area contributed by atoms with Crippen LogP contribution in [0.1, 0.15) is 22.3 Å². The van der Waals surface area contributed by atoms with Crippen LogP contribution in [0.5, 0.6) is 0 Å². The van der Waals surface area contributed by atoms with E-state index in [1.165, 1.54) is 36.4 Å². The summed E-state index contributed by atoms with van der Waals surface area (Å²) in [6, 6.07) is 13.3. The van der Waals surface area contributed by atoms with E-state index in [0.717, 1.165) is 0 Å². The van der Waals surface area contributed by atoms with Crippen molar-refractivity contribution in [2.75, 3.05) is 5.73 Å². The molecule has 3 rings (SSSR count). The van der Waals surface area contributed by atoms with E-state index in [0.29, 0.717) is 10.7 Å². The summed E-state index contributed by atoms with van der Waals surface area (Å²) in [5.41, 5.74) is 2.72. The molecule has 25 heavy (non-hydrogen) atoms. The fourth-order valence-electron chi connectivity index (χ4n) is 2.59. The Bertz CT molecular complexity index is 819. The summed E-state index contributed by atoms with van der Waals surface area (Å²) in [4.78, 5) is 12.7. The molecule has 0 bridgehead atoms. The molecule has 0 saturated carbocycles. The quantitative estimate of drug-likeness (QED) is 0.819. The van der Waals surface area contributed by atoms with Crippen molar-refractivity contribution in [3.63, 3.8) is 0 Å².